The van der Waals surface area contributed by atoms with Crippen molar-refractivity contribution in [3.8, 4) is 0 Å². The molecule has 0 bridgehead atoms. The largest absolute Gasteiger partial charge is 0.468 e. The highest BCUT2D eigenvalue weighted by molar-refractivity contribution is 5.81. The van der Waals surface area contributed by atoms with Crippen LogP contribution in [0.5, 0.6) is 0 Å². The number of methoxy groups -OCH3 is 1. The molecule has 1 rings (SSSR count). The Morgan fingerprint density at radius 1 is 1.38 bits per heavy atom. The van der Waals surface area contributed by atoms with Gasteiger partial charge in [-0.3, -0.25) is 5.32 Å². The van der Waals surface area contributed by atoms with Crippen LogP contribution in [0.2, 0.25) is 0 Å². The number of hydrogen-bond acceptors (Lipinski definition) is 4. The van der Waals surface area contributed by atoms with E-state index in [-0.39, 0.29) is 17.8 Å². The van der Waals surface area contributed by atoms with E-state index < -0.39 is 5.54 Å². The Labute approximate surface area is 126 Å². The molecule has 0 fully saturated rings. The van der Waals surface area contributed by atoms with E-state index in [1.807, 2.05) is 32.6 Å². The molecule has 5 heteroatoms. The van der Waals surface area contributed by atoms with Crippen molar-refractivity contribution in [3.05, 3.63) is 30.1 Å². The van der Waals surface area contributed by atoms with Crippen LogP contribution in [0.3, 0.4) is 0 Å². The standard InChI is InChI=1S/C16H25FN2O2/c1-6-19(14-9-7-13(17)8-10-14)11-16(4,15(20)21-5)18-12(2)3/h7-10,12,18H,6,11H2,1-5H3. The van der Waals surface area contributed by atoms with Gasteiger partial charge in [-0.25, -0.2) is 9.18 Å². The van der Waals surface area contributed by atoms with E-state index in [1.165, 1.54) is 19.2 Å². The molecule has 0 saturated heterocycles. The molecule has 1 aromatic carbocycles. The van der Waals surface area contributed by atoms with E-state index in [4.69, 9.17) is 4.74 Å². The van der Waals surface area contributed by atoms with E-state index in [0.717, 1.165) is 5.69 Å². The SMILES string of the molecule is CCN(CC(C)(NC(C)C)C(=O)OC)c1ccc(F)cc1. The van der Waals surface area contributed by atoms with Crippen LogP contribution in [0, 0.1) is 5.82 Å². The smallest absolute Gasteiger partial charge is 0.327 e. The van der Waals surface area contributed by atoms with E-state index in [0.29, 0.717) is 13.1 Å². The third-order valence-electron chi connectivity index (χ3n) is 3.32. The van der Waals surface area contributed by atoms with E-state index in [2.05, 4.69) is 5.32 Å². The Kier molecular flexibility index (Phi) is 6.15. The number of nitrogens with one attached hydrogen (secondary N) is 1. The molecule has 0 radical (unpaired) electrons. The lowest BCUT2D eigenvalue weighted by molar-refractivity contribution is -0.147. The number of carbonyl (C=O) groups excluding carboxylic acids is 1. The third kappa shape index (κ3) is 4.70. The zero-order valence-corrected chi connectivity index (χ0v) is 13.4. The van der Waals surface area contributed by atoms with Gasteiger partial charge in [-0.15, -0.1) is 0 Å². The fraction of sp³-hybridized carbons (Fsp3) is 0.562. The predicted octanol–water partition coefficient (Wildman–Crippen LogP) is 2.58. The van der Waals surface area contributed by atoms with Gasteiger partial charge in [0.2, 0.25) is 0 Å². The molecule has 1 N–H and O–H groups in total. The molecule has 0 amide bonds. The van der Waals surface area contributed by atoms with Gasteiger partial charge in [-0.2, -0.15) is 0 Å². The number of carbonyl (C=O) groups is 1. The van der Waals surface area contributed by atoms with Crippen LogP contribution in [-0.4, -0.2) is 37.7 Å². The molecular weight excluding hydrogens is 271 g/mol. The average Bonchev–Trinajstić information content (AvgIpc) is 2.44. The Morgan fingerprint density at radius 3 is 2.38 bits per heavy atom. The summed E-state index contributed by atoms with van der Waals surface area (Å²) in [7, 11) is 1.39. The molecule has 0 aromatic heterocycles. The molecular formula is C16H25FN2O2. The second-order valence-corrected chi connectivity index (χ2v) is 5.61. The number of likely N-dealkylation sites (N-methyl/N-ethyl adjacent to an activating group) is 1. The highest BCUT2D eigenvalue weighted by atomic mass is 19.1. The fourth-order valence-corrected chi connectivity index (χ4v) is 2.45. The number of anilines is 1. The molecule has 1 aromatic rings. The minimum atomic E-state index is -0.826. The maximum atomic E-state index is 13.0. The van der Waals surface area contributed by atoms with Crippen LogP contribution in [0.25, 0.3) is 0 Å². The van der Waals surface area contributed by atoms with Crippen LogP contribution in [0.15, 0.2) is 24.3 Å². The Morgan fingerprint density at radius 2 is 1.95 bits per heavy atom. The summed E-state index contributed by atoms with van der Waals surface area (Å²) in [6, 6.07) is 6.41. The topological polar surface area (TPSA) is 41.6 Å². The van der Waals surface area contributed by atoms with Gasteiger partial charge in [0.25, 0.3) is 0 Å². The molecule has 0 saturated carbocycles. The number of halogens is 1. The summed E-state index contributed by atoms with van der Waals surface area (Å²) in [6.45, 7) is 8.93. The average molecular weight is 296 g/mol. The molecule has 0 spiro atoms. The van der Waals surface area contributed by atoms with Crippen LogP contribution in [0.1, 0.15) is 27.7 Å². The normalized spacial score (nSPS) is 13.9. The Balaban J connectivity index is 2.98. The first-order valence-corrected chi connectivity index (χ1v) is 7.19. The summed E-state index contributed by atoms with van der Waals surface area (Å²) in [6.07, 6.45) is 0. The number of rotatable bonds is 7. The van der Waals surface area contributed by atoms with Crippen LogP contribution in [-0.2, 0) is 9.53 Å². The monoisotopic (exact) mass is 296 g/mol. The molecule has 0 heterocycles. The number of ether oxygens (including phenoxy) is 1. The summed E-state index contributed by atoms with van der Waals surface area (Å²) in [5.74, 6) is -0.581. The second-order valence-electron chi connectivity index (χ2n) is 5.61. The molecule has 0 aliphatic heterocycles. The van der Waals surface area contributed by atoms with Crippen molar-refractivity contribution in [3.63, 3.8) is 0 Å². The van der Waals surface area contributed by atoms with Gasteiger partial charge >= 0.3 is 5.97 Å². The maximum Gasteiger partial charge on any atom is 0.327 e. The third-order valence-corrected chi connectivity index (χ3v) is 3.32. The van der Waals surface area contributed by atoms with Gasteiger partial charge in [0.05, 0.1) is 7.11 Å². The lowest BCUT2D eigenvalue weighted by atomic mass is 10.00. The molecule has 0 aliphatic rings. The molecule has 118 valence electrons. The summed E-state index contributed by atoms with van der Waals surface area (Å²) < 4.78 is 18.0. The first kappa shape index (κ1) is 17.4. The Bertz CT molecular complexity index is 462. The minimum Gasteiger partial charge on any atom is -0.468 e. The second kappa shape index (κ2) is 7.41. The van der Waals surface area contributed by atoms with Crippen LogP contribution < -0.4 is 10.2 Å². The minimum absolute atomic E-state index is 0.140. The predicted molar refractivity (Wildman–Crippen MR) is 83.0 cm³/mol. The van der Waals surface area contributed by atoms with Gasteiger partial charge in [0.1, 0.15) is 11.4 Å². The summed E-state index contributed by atoms with van der Waals surface area (Å²) in [5, 5.41) is 3.26. The van der Waals surface area contributed by atoms with Crippen molar-refractivity contribution in [1.82, 2.24) is 5.32 Å². The maximum absolute atomic E-state index is 13.0. The highest BCUT2D eigenvalue weighted by Gasteiger charge is 2.36. The van der Waals surface area contributed by atoms with Crippen molar-refractivity contribution in [1.29, 1.82) is 0 Å². The van der Waals surface area contributed by atoms with Crippen molar-refractivity contribution >= 4 is 11.7 Å². The molecule has 4 nitrogen and oxygen atoms in total. The number of esters is 1. The fourth-order valence-electron chi connectivity index (χ4n) is 2.45. The summed E-state index contributed by atoms with van der Waals surface area (Å²) >= 11 is 0. The molecule has 21 heavy (non-hydrogen) atoms. The summed E-state index contributed by atoms with van der Waals surface area (Å²) in [4.78, 5) is 14.2. The number of hydrogen-bond donors (Lipinski definition) is 1. The Hall–Kier alpha value is -1.62. The number of benzene rings is 1. The van der Waals surface area contributed by atoms with Crippen molar-refractivity contribution < 1.29 is 13.9 Å². The quantitative estimate of drug-likeness (QED) is 0.785. The zero-order valence-electron chi connectivity index (χ0n) is 13.4. The molecule has 1 unspecified atom stereocenters. The van der Waals surface area contributed by atoms with Crippen LogP contribution in [0.4, 0.5) is 10.1 Å². The van der Waals surface area contributed by atoms with Crippen molar-refractivity contribution in [2.24, 2.45) is 0 Å². The first-order valence-electron chi connectivity index (χ1n) is 7.19. The lowest BCUT2D eigenvalue weighted by Gasteiger charge is -2.36. The summed E-state index contributed by atoms with van der Waals surface area (Å²) in [5.41, 5.74) is 0.0485. The number of nitrogens with zero attached hydrogens (tertiary/aromatic N) is 1. The van der Waals surface area contributed by atoms with E-state index >= 15 is 0 Å². The molecule has 1 atom stereocenters. The van der Waals surface area contributed by atoms with Gasteiger partial charge < -0.3 is 9.64 Å². The van der Waals surface area contributed by atoms with Gasteiger partial charge in [0.15, 0.2) is 0 Å². The molecule has 0 aliphatic carbocycles. The first-order chi connectivity index (χ1) is 9.82. The van der Waals surface area contributed by atoms with Crippen molar-refractivity contribution in [2.75, 3.05) is 25.1 Å². The van der Waals surface area contributed by atoms with Crippen LogP contribution >= 0.6 is 0 Å². The van der Waals surface area contributed by atoms with Gasteiger partial charge in [-0.1, -0.05) is 0 Å². The van der Waals surface area contributed by atoms with Gasteiger partial charge in [0, 0.05) is 24.8 Å². The van der Waals surface area contributed by atoms with Crippen molar-refractivity contribution in [2.45, 2.75) is 39.3 Å². The highest BCUT2D eigenvalue weighted by Crippen LogP contribution is 2.19. The zero-order chi connectivity index (χ0) is 16.0. The van der Waals surface area contributed by atoms with Gasteiger partial charge in [-0.05, 0) is 52.0 Å². The van der Waals surface area contributed by atoms with E-state index in [9.17, 15) is 9.18 Å². The lowest BCUT2D eigenvalue weighted by Crippen LogP contribution is -2.59. The van der Waals surface area contributed by atoms with E-state index in [1.54, 1.807) is 12.1 Å².